The Morgan fingerprint density at radius 3 is 2.46 bits per heavy atom. The van der Waals surface area contributed by atoms with Gasteiger partial charge in [0.05, 0.1) is 6.10 Å². The molecule has 146 valence electrons. The first-order chi connectivity index (χ1) is 12.2. The molecular formula is C21H33FN2O2. The third-order valence-electron chi connectivity index (χ3n) is 5.26. The fourth-order valence-electron chi connectivity index (χ4n) is 3.22. The summed E-state index contributed by atoms with van der Waals surface area (Å²) >= 11 is 0. The maximum Gasteiger partial charge on any atom is 0.220 e. The lowest BCUT2D eigenvalue weighted by Gasteiger charge is -2.36. The summed E-state index contributed by atoms with van der Waals surface area (Å²) in [4.78, 5) is 14.4. The van der Waals surface area contributed by atoms with Crippen LogP contribution in [-0.4, -0.2) is 48.2 Å². The molecule has 1 unspecified atom stereocenters. The Kier molecular flexibility index (Phi) is 7.59. The van der Waals surface area contributed by atoms with E-state index in [0.717, 1.165) is 37.9 Å². The highest BCUT2D eigenvalue weighted by Gasteiger charge is 2.27. The van der Waals surface area contributed by atoms with E-state index in [2.05, 4.69) is 31.0 Å². The van der Waals surface area contributed by atoms with Crippen LogP contribution in [0.3, 0.4) is 0 Å². The largest absolute Gasteiger partial charge is 0.391 e. The molecule has 4 nitrogen and oxygen atoms in total. The first-order valence-corrected chi connectivity index (χ1v) is 9.65. The van der Waals surface area contributed by atoms with Gasteiger partial charge in [-0.25, -0.2) is 4.39 Å². The Balaban J connectivity index is 1.62. The summed E-state index contributed by atoms with van der Waals surface area (Å²) in [6.07, 6.45) is 2.97. The van der Waals surface area contributed by atoms with E-state index in [0.29, 0.717) is 25.4 Å². The maximum atomic E-state index is 12.9. The lowest BCUT2D eigenvalue weighted by molar-refractivity contribution is -0.122. The Hall–Kier alpha value is -1.46. The van der Waals surface area contributed by atoms with Gasteiger partial charge in [0.25, 0.3) is 0 Å². The average molecular weight is 365 g/mol. The van der Waals surface area contributed by atoms with Crippen LogP contribution in [0.2, 0.25) is 0 Å². The van der Waals surface area contributed by atoms with Gasteiger partial charge < -0.3 is 15.3 Å². The lowest BCUT2D eigenvalue weighted by atomic mass is 9.87. The monoisotopic (exact) mass is 364 g/mol. The number of aliphatic hydroxyl groups excluding tert-OH is 1. The van der Waals surface area contributed by atoms with Crippen molar-refractivity contribution in [2.24, 2.45) is 11.3 Å². The highest BCUT2D eigenvalue weighted by atomic mass is 19.1. The molecule has 5 heteroatoms. The fraction of sp³-hybridized carbons (Fsp3) is 0.667. The van der Waals surface area contributed by atoms with E-state index < -0.39 is 0 Å². The van der Waals surface area contributed by atoms with Crippen molar-refractivity contribution < 1.29 is 14.3 Å². The minimum atomic E-state index is -0.325. The van der Waals surface area contributed by atoms with Crippen LogP contribution in [0, 0.1) is 17.2 Å². The molecule has 0 bridgehead atoms. The second-order valence-electron chi connectivity index (χ2n) is 8.56. The zero-order valence-corrected chi connectivity index (χ0v) is 16.3. The van der Waals surface area contributed by atoms with Gasteiger partial charge >= 0.3 is 0 Å². The number of β-amino-alcohol motifs (C(OH)–C–C–N with tert-alkyl or cyclic N) is 1. The van der Waals surface area contributed by atoms with Crippen LogP contribution in [0.1, 0.15) is 45.6 Å². The molecule has 0 aromatic heterocycles. The molecule has 0 spiro atoms. The Bertz CT molecular complexity index is 560. The van der Waals surface area contributed by atoms with Gasteiger partial charge in [0.2, 0.25) is 5.91 Å². The molecule has 1 aliphatic heterocycles. The van der Waals surface area contributed by atoms with Gasteiger partial charge in [-0.3, -0.25) is 4.79 Å². The van der Waals surface area contributed by atoms with Crippen molar-refractivity contribution in [3.63, 3.8) is 0 Å². The second kappa shape index (κ2) is 9.47. The van der Waals surface area contributed by atoms with Crippen LogP contribution in [0.25, 0.3) is 0 Å². The third-order valence-corrected chi connectivity index (χ3v) is 5.26. The molecule has 2 rings (SSSR count). The summed E-state index contributed by atoms with van der Waals surface area (Å²) < 4.78 is 12.9. The number of hydrogen-bond acceptors (Lipinski definition) is 3. The predicted octanol–water partition coefficient (Wildman–Crippen LogP) is 2.99. The van der Waals surface area contributed by atoms with Crippen molar-refractivity contribution in [3.05, 3.63) is 35.6 Å². The van der Waals surface area contributed by atoms with Crippen molar-refractivity contribution in [3.8, 4) is 0 Å². The molecule has 1 heterocycles. The number of hydrogen-bond donors (Lipinski definition) is 2. The first-order valence-electron chi connectivity index (χ1n) is 9.65. The van der Waals surface area contributed by atoms with Crippen LogP contribution in [0.15, 0.2) is 24.3 Å². The smallest absolute Gasteiger partial charge is 0.220 e. The van der Waals surface area contributed by atoms with E-state index in [-0.39, 0.29) is 23.2 Å². The van der Waals surface area contributed by atoms with E-state index >= 15 is 0 Å². The molecule has 1 fully saturated rings. The van der Waals surface area contributed by atoms with Crippen molar-refractivity contribution >= 4 is 5.91 Å². The number of nitrogens with zero attached hydrogens (tertiary/aromatic N) is 1. The summed E-state index contributed by atoms with van der Waals surface area (Å²) in [6.45, 7) is 9.35. The van der Waals surface area contributed by atoms with Crippen LogP contribution < -0.4 is 5.32 Å². The molecule has 1 amide bonds. The van der Waals surface area contributed by atoms with Crippen molar-refractivity contribution in [2.75, 3.05) is 26.2 Å². The maximum absolute atomic E-state index is 12.9. The van der Waals surface area contributed by atoms with Crippen LogP contribution >= 0.6 is 0 Å². The SMILES string of the molecule is CC(C)(C)C(O)CN1CCC(CC(=O)NCCc2ccc(F)cc2)CC1. The van der Waals surface area contributed by atoms with E-state index in [4.69, 9.17) is 0 Å². The van der Waals surface area contributed by atoms with E-state index in [1.165, 1.54) is 12.1 Å². The summed E-state index contributed by atoms with van der Waals surface area (Å²) in [7, 11) is 0. The van der Waals surface area contributed by atoms with Crippen LogP contribution in [-0.2, 0) is 11.2 Å². The van der Waals surface area contributed by atoms with Gasteiger partial charge in [-0.15, -0.1) is 0 Å². The molecule has 2 N–H and O–H groups in total. The number of rotatable bonds is 7. The Morgan fingerprint density at radius 2 is 1.88 bits per heavy atom. The van der Waals surface area contributed by atoms with Gasteiger partial charge in [0.15, 0.2) is 0 Å². The van der Waals surface area contributed by atoms with E-state index in [9.17, 15) is 14.3 Å². The summed E-state index contributed by atoms with van der Waals surface area (Å²) in [5.41, 5.74) is 0.929. The molecule has 0 aliphatic carbocycles. The molecule has 1 aromatic rings. The van der Waals surface area contributed by atoms with Crippen LogP contribution in [0.4, 0.5) is 4.39 Å². The molecular weight excluding hydrogens is 331 g/mol. The van der Waals surface area contributed by atoms with Gasteiger partial charge in [-0.2, -0.15) is 0 Å². The number of carbonyl (C=O) groups excluding carboxylic acids is 1. The molecule has 0 radical (unpaired) electrons. The minimum Gasteiger partial charge on any atom is -0.391 e. The standard InChI is InChI=1S/C21H33FN2O2/c1-21(2,3)19(25)15-24-12-9-17(10-13-24)14-20(26)23-11-8-16-4-6-18(22)7-5-16/h4-7,17,19,25H,8-15H2,1-3H3,(H,23,26). The molecule has 0 saturated carbocycles. The Morgan fingerprint density at radius 1 is 1.27 bits per heavy atom. The second-order valence-corrected chi connectivity index (χ2v) is 8.56. The average Bonchev–Trinajstić information content (AvgIpc) is 2.57. The number of nitrogens with one attached hydrogen (secondary N) is 1. The third kappa shape index (κ3) is 7.04. The molecule has 1 aliphatic rings. The van der Waals surface area contributed by atoms with Crippen molar-refractivity contribution in [1.29, 1.82) is 0 Å². The summed E-state index contributed by atoms with van der Waals surface area (Å²) in [6, 6.07) is 6.40. The van der Waals surface area contributed by atoms with E-state index in [1.54, 1.807) is 12.1 Å². The molecule has 26 heavy (non-hydrogen) atoms. The fourth-order valence-corrected chi connectivity index (χ4v) is 3.22. The topological polar surface area (TPSA) is 52.6 Å². The minimum absolute atomic E-state index is 0.0960. The number of aliphatic hydroxyl groups is 1. The quantitative estimate of drug-likeness (QED) is 0.782. The zero-order chi connectivity index (χ0) is 19.2. The predicted molar refractivity (Wildman–Crippen MR) is 102 cm³/mol. The number of amides is 1. The normalized spacial score (nSPS) is 17.9. The number of piperidine rings is 1. The number of benzene rings is 1. The lowest BCUT2D eigenvalue weighted by Crippen LogP contribution is -2.43. The zero-order valence-electron chi connectivity index (χ0n) is 16.3. The van der Waals surface area contributed by atoms with Gasteiger partial charge in [0, 0.05) is 19.5 Å². The van der Waals surface area contributed by atoms with Gasteiger partial charge in [-0.1, -0.05) is 32.9 Å². The van der Waals surface area contributed by atoms with Crippen LogP contribution in [0.5, 0.6) is 0 Å². The summed E-state index contributed by atoms with van der Waals surface area (Å²) in [5, 5.41) is 13.2. The van der Waals surface area contributed by atoms with Crippen molar-refractivity contribution in [1.82, 2.24) is 10.2 Å². The molecule has 1 saturated heterocycles. The van der Waals surface area contributed by atoms with Gasteiger partial charge in [0.1, 0.15) is 5.82 Å². The first kappa shape index (κ1) is 20.8. The molecule has 1 atom stereocenters. The number of likely N-dealkylation sites (tertiary alicyclic amines) is 1. The van der Waals surface area contributed by atoms with Crippen molar-refractivity contribution in [2.45, 2.75) is 52.6 Å². The number of carbonyl (C=O) groups is 1. The van der Waals surface area contributed by atoms with Gasteiger partial charge in [-0.05, 0) is 61.4 Å². The summed E-state index contributed by atoms with van der Waals surface area (Å²) in [5.74, 6) is 0.281. The Labute approximate surface area is 156 Å². The highest BCUT2D eigenvalue weighted by Crippen LogP contribution is 2.24. The molecule has 1 aromatic carbocycles. The number of halogens is 1. The highest BCUT2D eigenvalue weighted by molar-refractivity contribution is 5.76. The van der Waals surface area contributed by atoms with E-state index in [1.807, 2.05) is 0 Å².